The van der Waals surface area contributed by atoms with Gasteiger partial charge in [0, 0.05) is 44.7 Å². The molecule has 2 fully saturated rings. The number of aromatic nitrogens is 2. The predicted octanol–water partition coefficient (Wildman–Crippen LogP) is -0.175. The monoisotopic (exact) mass is 336 g/mol. The van der Waals surface area contributed by atoms with Gasteiger partial charge in [0.05, 0.1) is 32.0 Å². The molecule has 2 saturated heterocycles. The van der Waals surface area contributed by atoms with Crippen molar-refractivity contribution in [3.8, 4) is 0 Å². The lowest BCUT2D eigenvalue weighted by atomic mass is 10.1. The second kappa shape index (κ2) is 7.31. The van der Waals surface area contributed by atoms with Gasteiger partial charge in [-0.2, -0.15) is 5.10 Å². The van der Waals surface area contributed by atoms with Crippen LogP contribution in [0.2, 0.25) is 0 Å². The van der Waals surface area contributed by atoms with E-state index < -0.39 is 5.97 Å². The maximum atomic E-state index is 12.7. The number of nitrogens with zero attached hydrogens (tertiary/aromatic N) is 4. The maximum Gasteiger partial charge on any atom is 0.317 e. The molecule has 1 aromatic heterocycles. The largest absolute Gasteiger partial charge is 0.480 e. The number of rotatable bonds is 5. The Morgan fingerprint density at radius 3 is 2.88 bits per heavy atom. The van der Waals surface area contributed by atoms with Crippen molar-refractivity contribution in [1.29, 1.82) is 0 Å². The molecule has 0 aromatic carbocycles. The van der Waals surface area contributed by atoms with E-state index in [0.29, 0.717) is 45.8 Å². The summed E-state index contributed by atoms with van der Waals surface area (Å²) < 4.78 is 7.46. The highest BCUT2D eigenvalue weighted by Gasteiger charge is 2.35. The first-order valence-electron chi connectivity index (χ1n) is 8.31. The molecule has 0 unspecified atom stereocenters. The van der Waals surface area contributed by atoms with Crippen molar-refractivity contribution in [1.82, 2.24) is 19.6 Å². The molecule has 0 saturated carbocycles. The number of aryl methyl sites for hydroxylation is 2. The Hall–Kier alpha value is -1.93. The number of amides is 1. The van der Waals surface area contributed by atoms with Crippen LogP contribution >= 0.6 is 0 Å². The molecule has 132 valence electrons. The zero-order valence-corrected chi connectivity index (χ0v) is 13.9. The first kappa shape index (κ1) is 16.9. The standard InChI is InChI=1S/C16H24N4O4/c1-12-4-17-19(5-12)3-2-15(21)20-7-13-6-18(9-16(22)23)8-14(20)11-24-10-13/h4-5,13-14H,2-3,6-11H2,1H3,(H,22,23)/t13-,14-/m0/s1. The number of ether oxygens (including phenoxy) is 1. The highest BCUT2D eigenvalue weighted by atomic mass is 16.5. The fourth-order valence-electron chi connectivity index (χ4n) is 3.51. The summed E-state index contributed by atoms with van der Waals surface area (Å²) in [6.07, 6.45) is 4.09. The third kappa shape index (κ3) is 4.12. The van der Waals surface area contributed by atoms with Crippen LogP contribution in [-0.4, -0.2) is 82.0 Å². The normalized spacial score (nSPS) is 24.6. The van der Waals surface area contributed by atoms with E-state index in [4.69, 9.17) is 9.84 Å². The molecule has 2 aliphatic rings. The van der Waals surface area contributed by atoms with E-state index in [0.717, 1.165) is 5.56 Å². The van der Waals surface area contributed by atoms with Crippen molar-refractivity contribution in [2.75, 3.05) is 39.4 Å². The topological polar surface area (TPSA) is 87.9 Å². The van der Waals surface area contributed by atoms with Gasteiger partial charge in [-0.25, -0.2) is 0 Å². The molecule has 3 rings (SSSR count). The Morgan fingerprint density at radius 1 is 1.33 bits per heavy atom. The van der Waals surface area contributed by atoms with Crippen LogP contribution in [0.1, 0.15) is 12.0 Å². The van der Waals surface area contributed by atoms with Crippen molar-refractivity contribution in [2.24, 2.45) is 5.92 Å². The summed E-state index contributed by atoms with van der Waals surface area (Å²) in [6.45, 7) is 5.44. The summed E-state index contributed by atoms with van der Waals surface area (Å²) in [6, 6.07) is -0.0799. The molecule has 1 aromatic rings. The predicted molar refractivity (Wildman–Crippen MR) is 85.5 cm³/mol. The molecule has 2 aliphatic heterocycles. The molecule has 24 heavy (non-hydrogen) atoms. The minimum absolute atomic E-state index is 0.0155. The van der Waals surface area contributed by atoms with Crippen molar-refractivity contribution in [3.63, 3.8) is 0 Å². The van der Waals surface area contributed by atoms with E-state index in [1.165, 1.54) is 0 Å². The Bertz CT molecular complexity index is 603. The van der Waals surface area contributed by atoms with Gasteiger partial charge in [0.25, 0.3) is 0 Å². The van der Waals surface area contributed by atoms with Crippen LogP contribution in [0.15, 0.2) is 12.4 Å². The lowest BCUT2D eigenvalue weighted by Crippen LogP contribution is -2.47. The highest BCUT2D eigenvalue weighted by Crippen LogP contribution is 2.20. The summed E-state index contributed by atoms with van der Waals surface area (Å²) in [5, 5.41) is 13.3. The van der Waals surface area contributed by atoms with Crippen molar-refractivity contribution in [3.05, 3.63) is 18.0 Å². The van der Waals surface area contributed by atoms with Gasteiger partial charge in [0.15, 0.2) is 0 Å². The van der Waals surface area contributed by atoms with E-state index in [2.05, 4.69) is 5.10 Å². The number of carbonyl (C=O) groups excluding carboxylic acids is 1. The lowest BCUT2D eigenvalue weighted by Gasteiger charge is -2.30. The number of carbonyl (C=O) groups is 2. The lowest BCUT2D eigenvalue weighted by molar-refractivity contribution is -0.138. The number of carboxylic acids is 1. The van der Waals surface area contributed by atoms with Crippen LogP contribution in [0.25, 0.3) is 0 Å². The van der Waals surface area contributed by atoms with Gasteiger partial charge in [-0.3, -0.25) is 19.2 Å². The van der Waals surface area contributed by atoms with Crippen LogP contribution in [-0.2, 0) is 20.9 Å². The smallest absolute Gasteiger partial charge is 0.317 e. The number of hydrogen-bond donors (Lipinski definition) is 1. The van der Waals surface area contributed by atoms with Crippen LogP contribution in [0.5, 0.6) is 0 Å². The quantitative estimate of drug-likeness (QED) is 0.803. The Morgan fingerprint density at radius 2 is 2.17 bits per heavy atom. The number of carboxylic acid groups (broad SMARTS) is 1. The molecule has 0 spiro atoms. The summed E-state index contributed by atoms with van der Waals surface area (Å²) in [5.41, 5.74) is 1.07. The average molecular weight is 336 g/mol. The zero-order valence-electron chi connectivity index (χ0n) is 13.9. The van der Waals surface area contributed by atoms with Crippen molar-refractivity contribution >= 4 is 11.9 Å². The first-order valence-corrected chi connectivity index (χ1v) is 8.31. The van der Waals surface area contributed by atoms with Crippen molar-refractivity contribution in [2.45, 2.75) is 25.9 Å². The molecule has 1 amide bonds. The number of aliphatic carboxylic acids is 1. The average Bonchev–Trinajstić information content (AvgIpc) is 2.71. The Kier molecular flexibility index (Phi) is 5.15. The molecule has 1 N–H and O–H groups in total. The number of fused-ring (bicyclic) bond motifs is 3. The fourth-order valence-corrected chi connectivity index (χ4v) is 3.51. The summed E-state index contributed by atoms with van der Waals surface area (Å²) in [7, 11) is 0. The Balaban J connectivity index is 1.63. The summed E-state index contributed by atoms with van der Waals surface area (Å²) in [5.74, 6) is -0.587. The van der Waals surface area contributed by atoms with Gasteiger partial charge >= 0.3 is 5.97 Å². The molecular formula is C16H24N4O4. The second-order valence-corrected chi connectivity index (χ2v) is 6.72. The fraction of sp³-hybridized carbons (Fsp3) is 0.688. The molecule has 0 radical (unpaired) electrons. The van der Waals surface area contributed by atoms with Crippen LogP contribution < -0.4 is 0 Å². The molecule has 8 heteroatoms. The first-order chi connectivity index (χ1) is 11.5. The van der Waals surface area contributed by atoms with E-state index >= 15 is 0 Å². The molecule has 3 heterocycles. The highest BCUT2D eigenvalue weighted by molar-refractivity contribution is 5.76. The SMILES string of the molecule is Cc1cnn(CCC(=O)N2C[C@H]3COC[C@@H]2CN(CC(=O)O)C3)c1. The second-order valence-electron chi connectivity index (χ2n) is 6.72. The minimum atomic E-state index is -0.831. The minimum Gasteiger partial charge on any atom is -0.480 e. The maximum absolute atomic E-state index is 12.7. The Labute approximate surface area is 141 Å². The molecule has 2 atom stereocenters. The van der Waals surface area contributed by atoms with Crippen LogP contribution in [0, 0.1) is 12.8 Å². The molecule has 8 nitrogen and oxygen atoms in total. The third-order valence-corrected chi connectivity index (χ3v) is 4.54. The van der Waals surface area contributed by atoms with Gasteiger partial charge in [-0.1, -0.05) is 0 Å². The molecule has 2 bridgehead atoms. The number of hydrogen-bond acceptors (Lipinski definition) is 5. The van der Waals surface area contributed by atoms with Crippen LogP contribution in [0.3, 0.4) is 0 Å². The van der Waals surface area contributed by atoms with E-state index in [1.54, 1.807) is 10.9 Å². The van der Waals surface area contributed by atoms with Gasteiger partial charge in [-0.15, -0.1) is 0 Å². The molecular weight excluding hydrogens is 312 g/mol. The zero-order chi connectivity index (χ0) is 17.1. The van der Waals surface area contributed by atoms with Gasteiger partial charge < -0.3 is 14.7 Å². The van der Waals surface area contributed by atoms with Gasteiger partial charge in [0.1, 0.15) is 0 Å². The van der Waals surface area contributed by atoms with Crippen LogP contribution in [0.4, 0.5) is 0 Å². The molecule has 0 aliphatic carbocycles. The van der Waals surface area contributed by atoms with Gasteiger partial charge in [0.2, 0.25) is 5.91 Å². The van der Waals surface area contributed by atoms with Gasteiger partial charge in [-0.05, 0) is 12.5 Å². The van der Waals surface area contributed by atoms with E-state index in [9.17, 15) is 9.59 Å². The van der Waals surface area contributed by atoms with Crippen molar-refractivity contribution < 1.29 is 19.4 Å². The van der Waals surface area contributed by atoms with E-state index in [1.807, 2.05) is 22.9 Å². The third-order valence-electron chi connectivity index (χ3n) is 4.54. The van der Waals surface area contributed by atoms with E-state index in [-0.39, 0.29) is 24.4 Å². The summed E-state index contributed by atoms with van der Waals surface area (Å²) >= 11 is 0. The summed E-state index contributed by atoms with van der Waals surface area (Å²) in [4.78, 5) is 27.5.